The second-order valence-corrected chi connectivity index (χ2v) is 5.86. The van der Waals surface area contributed by atoms with E-state index in [9.17, 15) is 30.3 Å². The summed E-state index contributed by atoms with van der Waals surface area (Å²) in [5.41, 5.74) is -2.18. The van der Waals surface area contributed by atoms with Gasteiger partial charge in [0.2, 0.25) is 0 Å². The molecular formula is C15H16N4O5. The molecule has 2 rings (SSSR count). The maximum absolute atomic E-state index is 12.5. The molecule has 0 radical (unpaired) electrons. The Morgan fingerprint density at radius 3 is 2.33 bits per heavy atom. The lowest BCUT2D eigenvalue weighted by atomic mass is 9.82. The fraction of sp³-hybridized carbons (Fsp3) is 0.467. The molecule has 0 saturated heterocycles. The summed E-state index contributed by atoms with van der Waals surface area (Å²) in [5.74, 6) is -0.706. The molecule has 0 heterocycles. The van der Waals surface area contributed by atoms with Crippen LogP contribution in [-0.2, 0) is 0 Å². The Labute approximate surface area is 137 Å². The first-order valence-corrected chi connectivity index (χ1v) is 7.47. The summed E-state index contributed by atoms with van der Waals surface area (Å²) in [4.78, 5) is 33.0. The summed E-state index contributed by atoms with van der Waals surface area (Å²) >= 11 is 0. The van der Waals surface area contributed by atoms with Gasteiger partial charge in [-0.1, -0.05) is 19.3 Å². The second-order valence-electron chi connectivity index (χ2n) is 5.86. The van der Waals surface area contributed by atoms with Crippen LogP contribution < -0.4 is 5.32 Å². The van der Waals surface area contributed by atoms with Gasteiger partial charge in [-0.15, -0.1) is 0 Å². The van der Waals surface area contributed by atoms with Crippen molar-refractivity contribution in [3.8, 4) is 6.07 Å². The zero-order valence-corrected chi connectivity index (χ0v) is 13.1. The van der Waals surface area contributed by atoms with Gasteiger partial charge in [-0.25, -0.2) is 0 Å². The number of hydrogen-bond donors (Lipinski definition) is 1. The van der Waals surface area contributed by atoms with E-state index in [0.29, 0.717) is 12.8 Å². The van der Waals surface area contributed by atoms with E-state index >= 15 is 0 Å². The number of nitro groups is 2. The minimum atomic E-state index is -1.03. The van der Waals surface area contributed by atoms with Crippen molar-refractivity contribution in [3.63, 3.8) is 0 Å². The molecule has 24 heavy (non-hydrogen) atoms. The molecule has 1 aromatic carbocycles. The van der Waals surface area contributed by atoms with Crippen LogP contribution in [-0.4, -0.2) is 21.3 Å². The number of nitrogens with one attached hydrogen (secondary N) is 1. The smallest absolute Gasteiger partial charge is 0.279 e. The Morgan fingerprint density at radius 2 is 1.83 bits per heavy atom. The average Bonchev–Trinajstić information content (AvgIpc) is 2.55. The van der Waals surface area contributed by atoms with Crippen molar-refractivity contribution in [2.45, 2.75) is 44.6 Å². The predicted molar refractivity (Wildman–Crippen MR) is 83.4 cm³/mol. The molecule has 0 bridgehead atoms. The molecule has 1 amide bonds. The SMILES string of the molecule is Cc1c(C(=O)NC2(C#N)CCCCC2)cc([N+](=O)[O-])cc1[N+](=O)[O-]. The number of amides is 1. The number of benzene rings is 1. The van der Waals surface area contributed by atoms with E-state index in [0.717, 1.165) is 31.4 Å². The van der Waals surface area contributed by atoms with Gasteiger partial charge in [-0.05, 0) is 19.8 Å². The van der Waals surface area contributed by atoms with E-state index in [1.807, 2.05) is 0 Å². The van der Waals surface area contributed by atoms with Gasteiger partial charge in [0.1, 0.15) is 5.54 Å². The van der Waals surface area contributed by atoms with Crippen molar-refractivity contribution in [1.82, 2.24) is 5.32 Å². The zero-order valence-electron chi connectivity index (χ0n) is 13.1. The molecule has 1 saturated carbocycles. The van der Waals surface area contributed by atoms with Crippen LogP contribution in [0.4, 0.5) is 11.4 Å². The van der Waals surface area contributed by atoms with Gasteiger partial charge in [-0.2, -0.15) is 5.26 Å². The highest BCUT2D eigenvalue weighted by molar-refractivity contribution is 5.98. The Balaban J connectivity index is 2.43. The van der Waals surface area contributed by atoms with Crippen LogP contribution in [0, 0.1) is 38.5 Å². The zero-order chi connectivity index (χ0) is 17.9. The van der Waals surface area contributed by atoms with Crippen molar-refractivity contribution in [1.29, 1.82) is 5.26 Å². The van der Waals surface area contributed by atoms with Gasteiger partial charge in [0.25, 0.3) is 17.3 Å². The molecule has 0 unspecified atom stereocenters. The largest absolute Gasteiger partial charge is 0.334 e. The summed E-state index contributed by atoms with van der Waals surface area (Å²) in [6, 6.07) is 3.94. The standard InChI is InChI=1S/C15H16N4O5/c1-10-12(7-11(18(21)22)8-13(10)19(23)24)14(20)17-15(9-16)5-3-2-4-6-15/h7-8H,2-6H2,1H3,(H,17,20). The fourth-order valence-corrected chi connectivity index (χ4v) is 2.92. The molecule has 126 valence electrons. The van der Waals surface area contributed by atoms with E-state index in [2.05, 4.69) is 11.4 Å². The van der Waals surface area contributed by atoms with Crippen LogP contribution in [0.3, 0.4) is 0 Å². The number of rotatable bonds is 4. The van der Waals surface area contributed by atoms with Gasteiger partial charge in [0.15, 0.2) is 0 Å². The maximum Gasteiger partial charge on any atom is 0.279 e. The topological polar surface area (TPSA) is 139 Å². The third kappa shape index (κ3) is 3.32. The average molecular weight is 332 g/mol. The highest BCUT2D eigenvalue weighted by Gasteiger charge is 2.35. The maximum atomic E-state index is 12.5. The summed E-state index contributed by atoms with van der Waals surface area (Å²) in [6.45, 7) is 1.36. The van der Waals surface area contributed by atoms with E-state index in [4.69, 9.17) is 0 Å². The summed E-state index contributed by atoms with van der Waals surface area (Å²) in [7, 11) is 0. The number of carbonyl (C=O) groups is 1. The molecule has 1 fully saturated rings. The van der Waals surface area contributed by atoms with Crippen molar-refractivity contribution in [2.24, 2.45) is 0 Å². The van der Waals surface area contributed by atoms with Crippen LogP contribution >= 0.6 is 0 Å². The minimum absolute atomic E-state index is 0.0343. The molecule has 9 heteroatoms. The first-order chi connectivity index (χ1) is 11.3. The van der Waals surface area contributed by atoms with Crippen molar-refractivity contribution >= 4 is 17.3 Å². The number of nitro benzene ring substituents is 2. The molecular weight excluding hydrogens is 316 g/mol. The van der Waals surface area contributed by atoms with Gasteiger partial charge in [0, 0.05) is 11.6 Å². The lowest BCUT2D eigenvalue weighted by Crippen LogP contribution is -2.48. The Morgan fingerprint density at radius 1 is 1.21 bits per heavy atom. The van der Waals surface area contributed by atoms with Gasteiger partial charge in [-0.3, -0.25) is 25.0 Å². The molecule has 1 N–H and O–H groups in total. The molecule has 9 nitrogen and oxygen atoms in total. The Hall–Kier alpha value is -3.02. The second kappa shape index (κ2) is 6.62. The molecule has 0 atom stereocenters. The van der Waals surface area contributed by atoms with E-state index in [-0.39, 0.29) is 11.1 Å². The number of nitrogens with zero attached hydrogens (tertiary/aromatic N) is 3. The summed E-state index contributed by atoms with van der Waals surface area (Å²) in [6.07, 6.45) is 3.54. The monoisotopic (exact) mass is 332 g/mol. The lowest BCUT2D eigenvalue weighted by Gasteiger charge is -2.31. The molecule has 0 aromatic heterocycles. The molecule has 1 aliphatic carbocycles. The summed E-state index contributed by atoms with van der Waals surface area (Å²) in [5, 5.41) is 34.1. The molecule has 1 aromatic rings. The first kappa shape index (κ1) is 17.3. The van der Waals surface area contributed by atoms with Gasteiger partial charge in [0.05, 0.1) is 27.5 Å². The van der Waals surface area contributed by atoms with Gasteiger partial charge >= 0.3 is 0 Å². The number of non-ortho nitro benzene ring substituents is 1. The van der Waals surface area contributed by atoms with E-state index in [1.54, 1.807) is 0 Å². The van der Waals surface area contributed by atoms with Crippen molar-refractivity contribution < 1.29 is 14.6 Å². The normalized spacial score (nSPS) is 16.0. The fourth-order valence-electron chi connectivity index (χ4n) is 2.92. The number of nitriles is 1. The van der Waals surface area contributed by atoms with Crippen LogP contribution in [0.5, 0.6) is 0 Å². The lowest BCUT2D eigenvalue weighted by molar-refractivity contribution is -0.394. The third-order valence-corrected chi connectivity index (χ3v) is 4.29. The quantitative estimate of drug-likeness (QED) is 0.664. The summed E-state index contributed by atoms with van der Waals surface area (Å²) < 4.78 is 0. The van der Waals surface area contributed by atoms with Gasteiger partial charge < -0.3 is 5.32 Å². The predicted octanol–water partition coefficient (Wildman–Crippen LogP) is 2.77. The minimum Gasteiger partial charge on any atom is -0.334 e. The van der Waals surface area contributed by atoms with Crippen molar-refractivity contribution in [2.75, 3.05) is 0 Å². The highest BCUT2D eigenvalue weighted by Crippen LogP contribution is 2.31. The first-order valence-electron chi connectivity index (χ1n) is 7.47. The van der Waals surface area contributed by atoms with E-state index < -0.39 is 32.7 Å². The number of carbonyl (C=O) groups excluding carboxylic acids is 1. The Kier molecular flexibility index (Phi) is 4.78. The molecule has 0 spiro atoms. The van der Waals surface area contributed by atoms with Crippen LogP contribution in [0.2, 0.25) is 0 Å². The molecule has 0 aliphatic heterocycles. The number of hydrogen-bond acceptors (Lipinski definition) is 6. The third-order valence-electron chi connectivity index (χ3n) is 4.29. The van der Waals surface area contributed by atoms with Crippen LogP contribution in [0.1, 0.15) is 48.0 Å². The Bertz CT molecular complexity index is 747. The van der Waals surface area contributed by atoms with Crippen LogP contribution in [0.15, 0.2) is 12.1 Å². The highest BCUT2D eigenvalue weighted by atomic mass is 16.6. The molecule has 1 aliphatic rings. The van der Waals surface area contributed by atoms with Crippen molar-refractivity contribution in [3.05, 3.63) is 43.5 Å². The van der Waals surface area contributed by atoms with E-state index in [1.165, 1.54) is 6.92 Å². The van der Waals surface area contributed by atoms with Crippen LogP contribution in [0.25, 0.3) is 0 Å².